The zero-order valence-electron chi connectivity index (χ0n) is 19.0. The van der Waals surface area contributed by atoms with E-state index in [0.717, 1.165) is 43.4 Å². The lowest BCUT2D eigenvalue weighted by molar-refractivity contribution is -0.142. The van der Waals surface area contributed by atoms with Crippen LogP contribution in [0, 0.1) is 0 Å². The predicted molar refractivity (Wildman–Crippen MR) is 129 cm³/mol. The van der Waals surface area contributed by atoms with Crippen LogP contribution < -0.4 is 14.9 Å². The normalized spacial score (nSPS) is 15.8. The number of nitrogens with one attached hydrogen (secondary N) is 2. The van der Waals surface area contributed by atoms with Crippen molar-refractivity contribution in [3.8, 4) is 5.75 Å². The lowest BCUT2D eigenvalue weighted by Crippen LogP contribution is -2.43. The molecule has 1 atom stereocenters. The van der Waals surface area contributed by atoms with E-state index in [-0.39, 0.29) is 30.7 Å². The smallest absolute Gasteiger partial charge is 0.329 e. The maximum absolute atomic E-state index is 11.4. The number of aliphatic carboxylic acids is 1. The van der Waals surface area contributed by atoms with Gasteiger partial charge in [0.05, 0.1) is 24.7 Å². The highest BCUT2D eigenvalue weighted by molar-refractivity contribution is 7.92. The highest BCUT2D eigenvalue weighted by Gasteiger charge is 2.21. The molecule has 2 aromatic carbocycles. The molecule has 0 saturated carbocycles. The Kier molecular flexibility index (Phi) is 8.72. The molecule has 1 fully saturated rings. The Balaban J connectivity index is 1.45. The number of hydrogen-bond donors (Lipinski definition) is 5. The number of aromatic hydroxyl groups is 1. The first kappa shape index (κ1) is 25.8. The minimum absolute atomic E-state index is 0.0341. The second kappa shape index (κ2) is 11.5. The number of carboxylic acid groups (broad SMARTS) is 1. The second-order valence-electron chi connectivity index (χ2n) is 8.39. The molecule has 0 aliphatic carbocycles. The van der Waals surface area contributed by atoms with E-state index in [4.69, 9.17) is 9.84 Å². The molecule has 10 nitrogen and oxygen atoms in total. The minimum atomic E-state index is -3.55. The summed E-state index contributed by atoms with van der Waals surface area (Å²) in [4.78, 5) is 12.8. The number of phenolic OH excluding ortho intramolecular Hbond substituents is 1. The highest BCUT2D eigenvalue weighted by atomic mass is 32.2. The fourth-order valence-corrected chi connectivity index (χ4v) is 4.40. The number of sulfonamides is 1. The summed E-state index contributed by atoms with van der Waals surface area (Å²) in [6.45, 7) is 1.95. The van der Waals surface area contributed by atoms with Gasteiger partial charge < -0.3 is 30.3 Å². The third kappa shape index (κ3) is 7.87. The van der Waals surface area contributed by atoms with Gasteiger partial charge in [-0.2, -0.15) is 0 Å². The fourth-order valence-electron chi connectivity index (χ4n) is 3.84. The molecule has 1 aliphatic rings. The molecule has 0 unspecified atom stereocenters. The van der Waals surface area contributed by atoms with Gasteiger partial charge in [0.1, 0.15) is 12.4 Å². The van der Waals surface area contributed by atoms with E-state index in [1.54, 1.807) is 6.07 Å². The van der Waals surface area contributed by atoms with Crippen LogP contribution in [-0.4, -0.2) is 68.2 Å². The quantitative estimate of drug-likeness (QED) is 0.295. The monoisotopic (exact) mass is 493 g/mol. The number of benzene rings is 2. The van der Waals surface area contributed by atoms with Crippen molar-refractivity contribution < 1.29 is 33.3 Å². The summed E-state index contributed by atoms with van der Waals surface area (Å²) in [6.07, 6.45) is 1.93. The first-order valence-electron chi connectivity index (χ1n) is 11.0. The van der Waals surface area contributed by atoms with Crippen LogP contribution in [0.5, 0.6) is 5.75 Å². The van der Waals surface area contributed by atoms with Crippen LogP contribution in [0.25, 0.3) is 0 Å². The molecule has 2 aromatic rings. The van der Waals surface area contributed by atoms with Crippen molar-refractivity contribution in [2.24, 2.45) is 0 Å². The maximum atomic E-state index is 11.4. The maximum Gasteiger partial charge on any atom is 0.329 e. The van der Waals surface area contributed by atoms with Gasteiger partial charge in [-0.25, -0.2) is 13.2 Å². The van der Waals surface area contributed by atoms with Crippen molar-refractivity contribution in [3.63, 3.8) is 0 Å². The molecule has 11 heteroatoms. The summed E-state index contributed by atoms with van der Waals surface area (Å²) in [5.74, 6) is -1.19. The number of carboxylic acids is 1. The predicted octanol–water partition coefficient (Wildman–Crippen LogP) is 1.66. The lowest BCUT2D eigenvalue weighted by Gasteiger charge is -2.34. The summed E-state index contributed by atoms with van der Waals surface area (Å²) < 4.78 is 30.3. The first-order chi connectivity index (χ1) is 16.1. The van der Waals surface area contributed by atoms with E-state index in [2.05, 4.69) is 14.9 Å². The molecule has 1 saturated heterocycles. The number of nitrogens with zero attached hydrogens (tertiary/aromatic N) is 1. The number of aliphatic hydroxyl groups excluding tert-OH is 1. The van der Waals surface area contributed by atoms with Gasteiger partial charge in [-0.05, 0) is 48.2 Å². The number of hydrogen-bond acceptors (Lipinski definition) is 8. The molecule has 0 amide bonds. The van der Waals surface area contributed by atoms with Gasteiger partial charge in [-0.1, -0.05) is 18.2 Å². The Hall–Kier alpha value is -2.86. The minimum Gasteiger partial charge on any atom is -0.506 e. The van der Waals surface area contributed by atoms with Crippen LogP contribution in [0.15, 0.2) is 42.5 Å². The van der Waals surface area contributed by atoms with Crippen molar-refractivity contribution >= 4 is 27.4 Å². The van der Waals surface area contributed by atoms with E-state index in [0.29, 0.717) is 12.1 Å². The van der Waals surface area contributed by atoms with Crippen molar-refractivity contribution in [1.29, 1.82) is 0 Å². The van der Waals surface area contributed by atoms with Gasteiger partial charge in [-0.15, -0.1) is 0 Å². The Morgan fingerprint density at radius 2 is 1.85 bits per heavy atom. The number of ether oxygens (including phenoxy) is 1. The van der Waals surface area contributed by atoms with Gasteiger partial charge in [-0.3, -0.25) is 4.72 Å². The number of aliphatic hydroxyl groups is 1. The molecular formula is C23H31N3O7S. The average molecular weight is 494 g/mol. The van der Waals surface area contributed by atoms with Crippen molar-refractivity contribution in [2.45, 2.75) is 31.6 Å². The molecule has 186 valence electrons. The molecule has 3 rings (SSSR count). The number of piperidine rings is 1. The molecule has 0 spiro atoms. The third-order valence-electron chi connectivity index (χ3n) is 5.59. The Labute approximate surface area is 199 Å². The van der Waals surface area contributed by atoms with E-state index < -0.39 is 22.1 Å². The average Bonchev–Trinajstić information content (AvgIpc) is 2.79. The molecule has 1 aliphatic heterocycles. The molecular weight excluding hydrogens is 462 g/mol. The summed E-state index contributed by atoms with van der Waals surface area (Å²) in [5, 5.41) is 32.4. The number of anilines is 2. The van der Waals surface area contributed by atoms with Crippen LogP contribution in [0.3, 0.4) is 0 Å². The number of carbonyl (C=O) groups is 1. The summed E-state index contributed by atoms with van der Waals surface area (Å²) >= 11 is 0. The van der Waals surface area contributed by atoms with Gasteiger partial charge in [0.15, 0.2) is 0 Å². The highest BCUT2D eigenvalue weighted by Crippen LogP contribution is 2.28. The zero-order valence-corrected chi connectivity index (χ0v) is 19.8. The van der Waals surface area contributed by atoms with Crippen LogP contribution in [-0.2, 0) is 26.2 Å². The van der Waals surface area contributed by atoms with Gasteiger partial charge in [0, 0.05) is 31.4 Å². The van der Waals surface area contributed by atoms with Gasteiger partial charge >= 0.3 is 5.97 Å². The standard InChI is InChI=1S/C23H31N3O7S/c1-34(31,32)25-20-12-17(4-7-21(20)27)22(28)13-24-18-8-10-26(11-9-18)19-5-2-16(3-6-19)14-33-15-23(29)30/h2-7,12,18,22,24-25,27-28H,8-11,13-15H2,1H3,(H,29,30)/t22-/m0/s1. The van der Waals surface area contributed by atoms with Crippen molar-refractivity contribution in [2.75, 3.05) is 42.1 Å². The summed E-state index contributed by atoms with van der Waals surface area (Å²) in [7, 11) is -3.55. The Bertz CT molecular complexity index is 1070. The summed E-state index contributed by atoms with van der Waals surface area (Å²) in [6, 6.07) is 12.5. The molecule has 5 N–H and O–H groups in total. The van der Waals surface area contributed by atoms with Crippen LogP contribution in [0.1, 0.15) is 30.1 Å². The first-order valence-corrected chi connectivity index (χ1v) is 12.9. The molecule has 34 heavy (non-hydrogen) atoms. The van der Waals surface area contributed by atoms with Crippen LogP contribution in [0.4, 0.5) is 11.4 Å². The largest absolute Gasteiger partial charge is 0.506 e. The van der Waals surface area contributed by atoms with Gasteiger partial charge in [0.2, 0.25) is 10.0 Å². The lowest BCUT2D eigenvalue weighted by atomic mass is 10.0. The third-order valence-corrected chi connectivity index (χ3v) is 6.18. The Morgan fingerprint density at radius 3 is 2.47 bits per heavy atom. The van der Waals surface area contributed by atoms with E-state index in [9.17, 15) is 23.4 Å². The van der Waals surface area contributed by atoms with Crippen LogP contribution in [0.2, 0.25) is 0 Å². The Morgan fingerprint density at radius 1 is 1.18 bits per heavy atom. The molecule has 1 heterocycles. The zero-order chi connectivity index (χ0) is 24.7. The van der Waals surface area contributed by atoms with Crippen molar-refractivity contribution in [3.05, 3.63) is 53.6 Å². The van der Waals surface area contributed by atoms with E-state index in [1.165, 1.54) is 12.1 Å². The SMILES string of the molecule is CS(=O)(=O)Nc1cc([C@@H](O)CNC2CCN(c3ccc(COCC(=O)O)cc3)CC2)ccc1O. The van der Waals surface area contributed by atoms with E-state index >= 15 is 0 Å². The topological polar surface area (TPSA) is 148 Å². The molecule has 0 radical (unpaired) electrons. The second-order valence-corrected chi connectivity index (χ2v) is 10.1. The number of rotatable bonds is 11. The fraction of sp³-hybridized carbons (Fsp3) is 0.435. The molecule has 0 bridgehead atoms. The van der Waals surface area contributed by atoms with Crippen LogP contribution >= 0.6 is 0 Å². The van der Waals surface area contributed by atoms with Gasteiger partial charge in [0.25, 0.3) is 0 Å². The number of phenols is 1. The summed E-state index contributed by atoms with van der Waals surface area (Å²) in [5.41, 5.74) is 2.54. The van der Waals surface area contributed by atoms with E-state index in [1.807, 2.05) is 24.3 Å². The van der Waals surface area contributed by atoms with Crippen molar-refractivity contribution in [1.82, 2.24) is 5.32 Å². The molecule has 0 aromatic heterocycles.